The van der Waals surface area contributed by atoms with Crippen molar-refractivity contribution in [1.82, 2.24) is 20.0 Å². The Labute approximate surface area is 279 Å². The van der Waals surface area contributed by atoms with Crippen molar-refractivity contribution in [3.05, 3.63) is 0 Å². The molecule has 1 heterocycles. The fourth-order valence-electron chi connectivity index (χ4n) is 5.06. The van der Waals surface area contributed by atoms with Crippen LogP contribution in [0.1, 0.15) is 25.7 Å². The molecule has 2 unspecified atom stereocenters. The van der Waals surface area contributed by atoms with E-state index in [1.807, 2.05) is 0 Å². The summed E-state index contributed by atoms with van der Waals surface area (Å²) < 4.78 is 30.5. The molecule has 10 N–H and O–H groups in total. The average Bonchev–Trinajstić information content (AvgIpc) is 3.12. The molecule has 280 valence electrons. The monoisotopic (exact) mass is 730 g/mol. The molecule has 1 rings (SSSR count). The van der Waals surface area contributed by atoms with Crippen molar-refractivity contribution in [3.63, 3.8) is 0 Å². The van der Waals surface area contributed by atoms with E-state index >= 15 is 0 Å². The number of carboxylic acids is 4. The zero-order chi connectivity index (χ0) is 37.2. The van der Waals surface area contributed by atoms with Crippen molar-refractivity contribution in [2.24, 2.45) is 11.5 Å². The van der Waals surface area contributed by atoms with Crippen molar-refractivity contribution in [1.29, 1.82) is 0 Å². The predicted molar refractivity (Wildman–Crippen MR) is 161 cm³/mol. The molecule has 0 radical (unpaired) electrons. The largest absolute Gasteiger partial charge is 0.480 e. The van der Waals surface area contributed by atoms with Crippen LogP contribution in [0, 0.1) is 0 Å². The maximum absolute atomic E-state index is 12.4. The summed E-state index contributed by atoms with van der Waals surface area (Å²) in [5.41, 5.74) is 8.36. The van der Waals surface area contributed by atoms with Gasteiger partial charge in [-0.1, -0.05) is 6.42 Å². The average molecular weight is 731 g/mol. The van der Waals surface area contributed by atoms with E-state index in [9.17, 15) is 63.4 Å². The van der Waals surface area contributed by atoms with Gasteiger partial charge in [0.05, 0.1) is 39.4 Å². The number of carboxylic acid groups (broad SMARTS) is 4. The Morgan fingerprint density at radius 1 is 0.816 bits per heavy atom. The number of carbonyl (C=O) groups excluding carboxylic acids is 3. The minimum Gasteiger partial charge on any atom is -0.480 e. The summed E-state index contributed by atoms with van der Waals surface area (Å²) in [7, 11) is -4.73. The third-order valence-corrected chi connectivity index (χ3v) is 7.89. The second-order valence-electron chi connectivity index (χ2n) is 10.9. The molecule has 3 amide bonds. The SMILES string of the molecule is NC(=O)OCC(COP(=O)(O)OCCNC(=O)CCCCC1(N(CC(=O)O)CC(=O)O)CN(CC(=O)O)CCN(CC(=O)O)C1)OC(N)=O. The van der Waals surface area contributed by atoms with Gasteiger partial charge < -0.3 is 51.6 Å². The van der Waals surface area contributed by atoms with Crippen LogP contribution in [0.3, 0.4) is 0 Å². The van der Waals surface area contributed by atoms with Gasteiger partial charge in [0, 0.05) is 44.7 Å². The zero-order valence-corrected chi connectivity index (χ0v) is 27.4. The molecular formula is C25H43N6O17P. The first-order valence-corrected chi connectivity index (χ1v) is 16.2. The number of hydrogen-bond acceptors (Lipinski definition) is 15. The fraction of sp³-hybridized carbons (Fsp3) is 0.720. The topological polar surface area (TPSA) is 348 Å². The number of carbonyl (C=O) groups is 7. The standard InChI is InChI=1S/C25H43N6O17P/c26-23(41)45-13-17(48-24(27)42)14-47-49(43,44)46-8-5-28-18(32)3-1-2-4-25(31(11-21(37)38)12-22(39)40)15-29(9-19(33)34)6-7-30(16-25)10-20(35)36/h17H,1-16H2,(H2,26,41)(H2,27,42)(H,28,32)(H,33,34)(H,35,36)(H,37,38)(H,39,40)(H,43,44). The number of primary amides is 2. The number of aliphatic carboxylic acids is 4. The summed E-state index contributed by atoms with van der Waals surface area (Å²) in [5, 5.41) is 40.4. The molecule has 49 heavy (non-hydrogen) atoms. The molecule has 1 aliphatic rings. The highest BCUT2D eigenvalue weighted by Gasteiger charge is 2.43. The molecule has 0 spiro atoms. The van der Waals surface area contributed by atoms with Crippen molar-refractivity contribution in [3.8, 4) is 0 Å². The van der Waals surface area contributed by atoms with E-state index in [4.69, 9.17) is 16.0 Å². The second kappa shape index (κ2) is 21.1. The number of nitrogens with two attached hydrogens (primary N) is 2. The lowest BCUT2D eigenvalue weighted by molar-refractivity contribution is -0.148. The third-order valence-electron chi connectivity index (χ3n) is 6.90. The van der Waals surface area contributed by atoms with E-state index in [-0.39, 0.29) is 58.4 Å². The number of phosphoric ester groups is 1. The Hall–Kier alpha value is -4.12. The van der Waals surface area contributed by atoms with Crippen LogP contribution in [0.25, 0.3) is 0 Å². The number of ether oxygens (including phenoxy) is 2. The number of unbranched alkanes of at least 4 members (excludes halogenated alkanes) is 1. The number of nitrogens with zero attached hydrogens (tertiary/aromatic N) is 3. The normalized spacial score (nSPS) is 16.9. The van der Waals surface area contributed by atoms with Gasteiger partial charge in [0.1, 0.15) is 6.61 Å². The molecule has 0 saturated carbocycles. The molecule has 0 aromatic heterocycles. The highest BCUT2D eigenvalue weighted by Crippen LogP contribution is 2.43. The van der Waals surface area contributed by atoms with Gasteiger partial charge in [-0.25, -0.2) is 14.2 Å². The minimum atomic E-state index is -4.73. The molecule has 0 bridgehead atoms. The van der Waals surface area contributed by atoms with Gasteiger partial charge in [-0.05, 0) is 12.8 Å². The molecule has 23 nitrogen and oxygen atoms in total. The van der Waals surface area contributed by atoms with Crippen molar-refractivity contribution in [2.75, 3.05) is 78.7 Å². The zero-order valence-electron chi connectivity index (χ0n) is 26.5. The lowest BCUT2D eigenvalue weighted by Gasteiger charge is -2.45. The van der Waals surface area contributed by atoms with Gasteiger partial charge in [-0.3, -0.25) is 47.7 Å². The highest BCUT2D eigenvalue weighted by atomic mass is 31.2. The number of hydrogen-bond donors (Lipinski definition) is 8. The first-order chi connectivity index (χ1) is 22.8. The summed E-state index contributed by atoms with van der Waals surface area (Å²) in [6.07, 6.45) is -3.50. The molecule has 0 aromatic rings. The number of phosphoric acid groups is 1. The van der Waals surface area contributed by atoms with Gasteiger partial charge in [-0.15, -0.1) is 0 Å². The summed E-state index contributed by atoms with van der Waals surface area (Å²) in [6, 6.07) is 0. The van der Waals surface area contributed by atoms with Gasteiger partial charge in [0.25, 0.3) is 0 Å². The van der Waals surface area contributed by atoms with E-state index in [2.05, 4.69) is 19.3 Å². The van der Waals surface area contributed by atoms with Crippen LogP contribution in [0.5, 0.6) is 0 Å². The lowest BCUT2D eigenvalue weighted by atomic mass is 9.88. The van der Waals surface area contributed by atoms with Crippen LogP contribution >= 0.6 is 7.82 Å². The maximum atomic E-state index is 12.4. The first kappa shape index (κ1) is 42.9. The van der Waals surface area contributed by atoms with Crippen LogP contribution < -0.4 is 16.8 Å². The number of amides is 3. The highest BCUT2D eigenvalue weighted by molar-refractivity contribution is 7.47. The molecule has 1 aliphatic heterocycles. The third kappa shape index (κ3) is 18.9. The molecule has 0 aliphatic carbocycles. The fourth-order valence-corrected chi connectivity index (χ4v) is 5.81. The Kier molecular flexibility index (Phi) is 18.4. The van der Waals surface area contributed by atoms with Crippen LogP contribution in [0.15, 0.2) is 0 Å². The Balaban J connectivity index is 2.83. The first-order valence-electron chi connectivity index (χ1n) is 14.7. The summed E-state index contributed by atoms with van der Waals surface area (Å²) in [4.78, 5) is 94.6. The van der Waals surface area contributed by atoms with E-state index in [1.165, 1.54) is 14.7 Å². The Bertz CT molecular complexity index is 1180. The quantitative estimate of drug-likeness (QED) is 0.0371. The van der Waals surface area contributed by atoms with Crippen molar-refractivity contribution >= 4 is 49.8 Å². The van der Waals surface area contributed by atoms with Crippen molar-refractivity contribution in [2.45, 2.75) is 37.3 Å². The molecular weight excluding hydrogens is 687 g/mol. The van der Waals surface area contributed by atoms with E-state index in [1.54, 1.807) is 0 Å². The van der Waals surface area contributed by atoms with Crippen LogP contribution in [-0.4, -0.2) is 172 Å². The predicted octanol–water partition coefficient (Wildman–Crippen LogP) is -2.65. The minimum absolute atomic E-state index is 0.0756. The molecule has 1 saturated heterocycles. The summed E-state index contributed by atoms with van der Waals surface area (Å²) in [5.74, 6) is -5.60. The summed E-state index contributed by atoms with van der Waals surface area (Å²) >= 11 is 0. The number of nitrogens with one attached hydrogen (secondary N) is 1. The van der Waals surface area contributed by atoms with E-state index in [0.29, 0.717) is 0 Å². The van der Waals surface area contributed by atoms with Gasteiger partial charge in [0.2, 0.25) is 5.91 Å². The Morgan fingerprint density at radius 2 is 1.37 bits per heavy atom. The Morgan fingerprint density at radius 3 is 1.84 bits per heavy atom. The van der Waals surface area contributed by atoms with Crippen LogP contribution in [-0.2, 0) is 47.1 Å². The molecule has 2 atom stereocenters. The van der Waals surface area contributed by atoms with Crippen LogP contribution in [0.4, 0.5) is 9.59 Å². The van der Waals surface area contributed by atoms with E-state index in [0.717, 1.165) is 0 Å². The van der Waals surface area contributed by atoms with E-state index < -0.39 is 107 Å². The summed E-state index contributed by atoms with van der Waals surface area (Å²) in [6.45, 7) is -4.45. The number of rotatable bonds is 24. The lowest BCUT2D eigenvalue weighted by Crippen LogP contribution is -2.62. The smallest absolute Gasteiger partial charge is 0.472 e. The second-order valence-corrected chi connectivity index (χ2v) is 12.4. The van der Waals surface area contributed by atoms with Crippen LogP contribution in [0.2, 0.25) is 0 Å². The van der Waals surface area contributed by atoms with Crippen molar-refractivity contribution < 1.29 is 82.0 Å². The molecule has 1 fully saturated rings. The van der Waals surface area contributed by atoms with Gasteiger partial charge in [-0.2, -0.15) is 0 Å². The maximum Gasteiger partial charge on any atom is 0.472 e. The van der Waals surface area contributed by atoms with Gasteiger partial charge in [0.15, 0.2) is 6.10 Å². The molecule has 0 aromatic carbocycles. The van der Waals surface area contributed by atoms with Gasteiger partial charge >= 0.3 is 43.9 Å². The molecule has 24 heteroatoms.